The van der Waals surface area contributed by atoms with E-state index in [1.165, 1.54) is 34.6 Å². The van der Waals surface area contributed by atoms with Crippen LogP contribution in [0.1, 0.15) is 37.8 Å². The zero-order valence-electron chi connectivity index (χ0n) is 13.0. The van der Waals surface area contributed by atoms with Crippen LogP contribution in [0, 0.1) is 0 Å². The first-order valence-corrected chi connectivity index (χ1v) is 9.38. The van der Waals surface area contributed by atoms with Crippen molar-refractivity contribution in [3.8, 4) is 0 Å². The number of rotatable bonds is 5. The quantitative estimate of drug-likeness (QED) is 0.776. The maximum Gasteiger partial charge on any atom is 0.348 e. The molecule has 2 aromatic rings. The van der Waals surface area contributed by atoms with Crippen molar-refractivity contribution >= 4 is 34.6 Å². The molecule has 0 unspecified atom stereocenters. The van der Waals surface area contributed by atoms with Crippen LogP contribution < -0.4 is 0 Å². The summed E-state index contributed by atoms with van der Waals surface area (Å²) in [5.41, 5.74) is 1.27. The summed E-state index contributed by atoms with van der Waals surface area (Å²) in [6.45, 7) is 0.338. The first-order chi connectivity index (χ1) is 11.1. The Hall–Kier alpha value is -1.66. The van der Waals surface area contributed by atoms with Crippen molar-refractivity contribution in [2.75, 3.05) is 13.7 Å². The lowest BCUT2D eigenvalue weighted by molar-refractivity contribution is -0.133. The van der Waals surface area contributed by atoms with E-state index in [0.717, 1.165) is 17.7 Å². The second kappa shape index (κ2) is 7.27. The van der Waals surface area contributed by atoms with Gasteiger partial charge in [0.2, 0.25) is 0 Å². The minimum atomic E-state index is -0.387. The molecule has 0 atom stereocenters. The number of amides is 1. The van der Waals surface area contributed by atoms with Crippen molar-refractivity contribution in [3.63, 3.8) is 0 Å². The molecule has 0 radical (unpaired) electrons. The van der Waals surface area contributed by atoms with E-state index >= 15 is 0 Å². The van der Waals surface area contributed by atoms with Gasteiger partial charge in [-0.25, -0.2) is 4.79 Å². The Morgan fingerprint density at radius 1 is 1.30 bits per heavy atom. The third-order valence-electron chi connectivity index (χ3n) is 3.92. The molecule has 6 heteroatoms. The van der Waals surface area contributed by atoms with Crippen molar-refractivity contribution in [2.24, 2.45) is 0 Å². The van der Waals surface area contributed by atoms with Crippen molar-refractivity contribution in [2.45, 2.75) is 32.2 Å². The van der Waals surface area contributed by atoms with E-state index in [1.807, 2.05) is 23.6 Å². The molecule has 1 aliphatic carbocycles. The Labute approximate surface area is 143 Å². The maximum absolute atomic E-state index is 12.1. The molecule has 0 saturated heterocycles. The Bertz CT molecular complexity index is 667. The number of ether oxygens (including phenoxy) is 1. The molecule has 0 aliphatic heterocycles. The molecule has 2 heterocycles. The number of esters is 1. The van der Waals surface area contributed by atoms with Gasteiger partial charge in [-0.1, -0.05) is 6.07 Å². The SMILES string of the molecule is CN(Cc1cccs1)C(=O)COC(=O)c1cc2c(s1)CCCC2. The highest BCUT2D eigenvalue weighted by Crippen LogP contribution is 2.30. The molecule has 0 N–H and O–H groups in total. The van der Waals surface area contributed by atoms with Gasteiger partial charge in [-0.2, -0.15) is 0 Å². The smallest absolute Gasteiger partial charge is 0.348 e. The molecule has 3 rings (SSSR count). The number of thiophene rings is 2. The summed E-state index contributed by atoms with van der Waals surface area (Å²) in [4.78, 5) is 28.8. The minimum absolute atomic E-state index is 0.187. The van der Waals surface area contributed by atoms with Gasteiger partial charge in [0, 0.05) is 16.8 Å². The van der Waals surface area contributed by atoms with Crippen LogP contribution >= 0.6 is 22.7 Å². The second-order valence-corrected chi connectivity index (χ2v) is 7.84. The fourth-order valence-corrected chi connectivity index (χ4v) is 4.53. The molecule has 1 amide bonds. The molecule has 0 bridgehead atoms. The van der Waals surface area contributed by atoms with Crippen LogP contribution in [0.5, 0.6) is 0 Å². The molecule has 1 aliphatic rings. The van der Waals surface area contributed by atoms with Crippen molar-refractivity contribution in [1.82, 2.24) is 4.90 Å². The Kier molecular flexibility index (Phi) is 5.13. The second-order valence-electron chi connectivity index (χ2n) is 5.67. The van der Waals surface area contributed by atoms with Gasteiger partial charge in [0.15, 0.2) is 6.61 Å². The van der Waals surface area contributed by atoms with Gasteiger partial charge >= 0.3 is 5.97 Å². The van der Waals surface area contributed by atoms with Crippen LogP contribution in [-0.2, 0) is 28.9 Å². The van der Waals surface area contributed by atoms with Crippen LogP contribution in [0.15, 0.2) is 23.6 Å². The van der Waals surface area contributed by atoms with Gasteiger partial charge < -0.3 is 9.64 Å². The number of carbonyl (C=O) groups is 2. The van der Waals surface area contributed by atoms with E-state index in [9.17, 15) is 9.59 Å². The van der Waals surface area contributed by atoms with E-state index in [4.69, 9.17) is 4.74 Å². The third-order valence-corrected chi connectivity index (χ3v) is 6.00. The van der Waals surface area contributed by atoms with Crippen LogP contribution in [0.4, 0.5) is 0 Å². The van der Waals surface area contributed by atoms with Crippen LogP contribution in [0.2, 0.25) is 0 Å². The number of nitrogens with zero attached hydrogens (tertiary/aromatic N) is 1. The zero-order chi connectivity index (χ0) is 16.2. The highest BCUT2D eigenvalue weighted by Gasteiger charge is 2.19. The lowest BCUT2D eigenvalue weighted by atomic mass is 9.99. The summed E-state index contributed by atoms with van der Waals surface area (Å²) < 4.78 is 5.19. The minimum Gasteiger partial charge on any atom is -0.451 e. The molecule has 23 heavy (non-hydrogen) atoms. The number of likely N-dealkylation sites (N-methyl/N-ethyl adjacent to an activating group) is 1. The summed E-state index contributed by atoms with van der Waals surface area (Å²) in [5.74, 6) is -0.574. The number of carbonyl (C=O) groups excluding carboxylic acids is 2. The van der Waals surface area contributed by atoms with E-state index < -0.39 is 0 Å². The van der Waals surface area contributed by atoms with Crippen molar-refractivity contribution < 1.29 is 14.3 Å². The Morgan fingerprint density at radius 2 is 2.13 bits per heavy atom. The third kappa shape index (κ3) is 4.00. The topological polar surface area (TPSA) is 46.6 Å². The molecule has 2 aromatic heterocycles. The van der Waals surface area contributed by atoms with E-state index in [1.54, 1.807) is 23.3 Å². The molecule has 0 saturated carbocycles. The summed E-state index contributed by atoms with van der Waals surface area (Å²) in [7, 11) is 1.72. The fraction of sp³-hybridized carbons (Fsp3) is 0.412. The summed E-state index contributed by atoms with van der Waals surface area (Å²) in [6, 6.07) is 5.87. The van der Waals surface area contributed by atoms with Crippen molar-refractivity contribution in [3.05, 3.63) is 43.8 Å². The van der Waals surface area contributed by atoms with Gasteiger partial charge in [0.1, 0.15) is 4.88 Å². The average molecular weight is 349 g/mol. The standard InChI is InChI=1S/C17H19NO3S2/c1-18(10-13-6-4-8-22-13)16(19)11-21-17(20)15-9-12-5-2-3-7-14(12)23-15/h4,6,8-9H,2-3,5,7,10-11H2,1H3. The Balaban J connectivity index is 1.52. The van der Waals surface area contributed by atoms with Gasteiger partial charge in [-0.3, -0.25) is 4.79 Å². The molecular weight excluding hydrogens is 330 g/mol. The number of aryl methyl sites for hydroxylation is 2. The summed E-state index contributed by atoms with van der Waals surface area (Å²) >= 11 is 3.11. The molecular formula is C17H19NO3S2. The normalized spacial score (nSPS) is 13.4. The predicted octanol–water partition coefficient (Wildman–Crippen LogP) is 3.50. The lowest BCUT2D eigenvalue weighted by Crippen LogP contribution is -2.30. The van der Waals surface area contributed by atoms with Crippen LogP contribution in [0.3, 0.4) is 0 Å². The average Bonchev–Trinajstić information content (AvgIpc) is 3.20. The maximum atomic E-state index is 12.1. The van der Waals surface area contributed by atoms with E-state index in [-0.39, 0.29) is 18.5 Å². The molecule has 122 valence electrons. The molecule has 0 aromatic carbocycles. The largest absolute Gasteiger partial charge is 0.451 e. The number of hydrogen-bond donors (Lipinski definition) is 0. The summed E-state index contributed by atoms with van der Waals surface area (Å²) in [5, 5.41) is 1.98. The first-order valence-electron chi connectivity index (χ1n) is 7.68. The molecule has 0 spiro atoms. The fourth-order valence-electron chi connectivity index (χ4n) is 2.62. The Morgan fingerprint density at radius 3 is 2.87 bits per heavy atom. The first kappa shape index (κ1) is 16.2. The number of fused-ring (bicyclic) bond motifs is 1. The van der Waals surface area contributed by atoms with Gasteiger partial charge in [-0.05, 0) is 48.8 Å². The lowest BCUT2D eigenvalue weighted by Gasteiger charge is -2.15. The highest BCUT2D eigenvalue weighted by atomic mass is 32.1. The van der Waals surface area contributed by atoms with Gasteiger partial charge in [-0.15, -0.1) is 22.7 Å². The molecule has 4 nitrogen and oxygen atoms in total. The van der Waals surface area contributed by atoms with Crippen molar-refractivity contribution in [1.29, 1.82) is 0 Å². The van der Waals surface area contributed by atoms with Gasteiger partial charge in [0.05, 0.1) is 6.54 Å². The van der Waals surface area contributed by atoms with Crippen LogP contribution in [-0.4, -0.2) is 30.4 Å². The highest BCUT2D eigenvalue weighted by molar-refractivity contribution is 7.14. The molecule has 0 fully saturated rings. The van der Waals surface area contributed by atoms with E-state index in [2.05, 4.69) is 0 Å². The number of hydrogen-bond acceptors (Lipinski definition) is 5. The predicted molar refractivity (Wildman–Crippen MR) is 92.0 cm³/mol. The van der Waals surface area contributed by atoms with Crippen LogP contribution in [0.25, 0.3) is 0 Å². The van der Waals surface area contributed by atoms with Gasteiger partial charge in [0.25, 0.3) is 5.91 Å². The van der Waals surface area contributed by atoms with E-state index in [0.29, 0.717) is 11.4 Å². The zero-order valence-corrected chi connectivity index (χ0v) is 14.7. The summed E-state index contributed by atoms with van der Waals surface area (Å²) in [6.07, 6.45) is 4.47. The monoisotopic (exact) mass is 349 g/mol.